The van der Waals surface area contributed by atoms with Gasteiger partial charge in [0.2, 0.25) is 0 Å². The van der Waals surface area contributed by atoms with Gasteiger partial charge in [0.1, 0.15) is 0 Å². The predicted molar refractivity (Wildman–Crippen MR) is 73.3 cm³/mol. The number of hydrogen-bond donors (Lipinski definition) is 1. The molecule has 2 aromatic rings. The molecule has 0 bridgehead atoms. The molecule has 1 aromatic carbocycles. The van der Waals surface area contributed by atoms with Crippen LogP contribution in [0.25, 0.3) is 0 Å². The maximum atomic E-state index is 4.07. The Hall–Kier alpha value is -1.19. The Bertz CT molecular complexity index is 435. The van der Waals surface area contributed by atoms with Crippen molar-refractivity contribution in [1.82, 2.24) is 10.3 Å². The zero-order valence-electron chi connectivity index (χ0n) is 10.3. The highest BCUT2D eigenvalue weighted by Crippen LogP contribution is 2.21. The zero-order chi connectivity index (χ0) is 12.1. The van der Waals surface area contributed by atoms with Gasteiger partial charge >= 0.3 is 0 Å². The van der Waals surface area contributed by atoms with Gasteiger partial charge in [-0.1, -0.05) is 44.2 Å². The first kappa shape index (κ1) is 12.3. The molecule has 0 atom stereocenters. The molecule has 0 radical (unpaired) electrons. The van der Waals surface area contributed by atoms with Crippen LogP contribution in [0, 0.1) is 0 Å². The van der Waals surface area contributed by atoms with E-state index in [9.17, 15) is 0 Å². The van der Waals surface area contributed by atoms with Crippen LogP contribution in [0.3, 0.4) is 0 Å². The van der Waals surface area contributed by atoms with Gasteiger partial charge in [0, 0.05) is 29.6 Å². The van der Waals surface area contributed by atoms with E-state index in [1.165, 1.54) is 10.4 Å². The summed E-state index contributed by atoms with van der Waals surface area (Å²) in [5, 5.41) is 3.50. The second kappa shape index (κ2) is 5.43. The molecule has 1 N–H and O–H groups in total. The molecule has 1 aromatic heterocycles. The van der Waals surface area contributed by atoms with E-state index in [4.69, 9.17) is 0 Å². The van der Waals surface area contributed by atoms with Crippen LogP contribution in [0.1, 0.15) is 24.3 Å². The summed E-state index contributed by atoms with van der Waals surface area (Å²) in [5.74, 6) is 0. The summed E-state index contributed by atoms with van der Waals surface area (Å²) >= 11 is 1.70. The fraction of sp³-hybridized carbons (Fsp3) is 0.357. The molecular weight excluding hydrogens is 228 g/mol. The van der Waals surface area contributed by atoms with Crippen molar-refractivity contribution in [1.29, 1.82) is 0 Å². The van der Waals surface area contributed by atoms with Crippen LogP contribution in [-0.4, -0.2) is 11.5 Å². The Morgan fingerprint density at radius 3 is 2.65 bits per heavy atom. The average Bonchev–Trinajstić information content (AvgIpc) is 2.83. The Kier molecular flexibility index (Phi) is 3.92. The summed E-state index contributed by atoms with van der Waals surface area (Å²) in [6.45, 7) is 6.40. The third-order valence-corrected chi connectivity index (χ3v) is 3.68. The van der Waals surface area contributed by atoms with E-state index in [0.717, 1.165) is 13.1 Å². The largest absolute Gasteiger partial charge is 0.311 e. The lowest BCUT2D eigenvalue weighted by Gasteiger charge is -2.25. The molecule has 2 rings (SSSR count). The number of nitrogens with one attached hydrogen (secondary N) is 1. The molecule has 0 amide bonds. The third-order valence-electron chi connectivity index (χ3n) is 2.90. The van der Waals surface area contributed by atoms with Gasteiger partial charge in [0.15, 0.2) is 0 Å². The number of thiazole rings is 1. The Morgan fingerprint density at radius 1 is 1.24 bits per heavy atom. The smallest absolute Gasteiger partial charge is 0.0794 e. The van der Waals surface area contributed by atoms with Crippen LogP contribution in [0.5, 0.6) is 0 Å². The van der Waals surface area contributed by atoms with E-state index in [1.54, 1.807) is 11.3 Å². The van der Waals surface area contributed by atoms with Crippen LogP contribution >= 0.6 is 11.3 Å². The minimum Gasteiger partial charge on any atom is -0.311 e. The summed E-state index contributed by atoms with van der Waals surface area (Å²) < 4.78 is 0. The Balaban J connectivity index is 1.90. The van der Waals surface area contributed by atoms with Gasteiger partial charge in [0.05, 0.1) is 5.51 Å². The first-order valence-corrected chi connectivity index (χ1v) is 6.70. The van der Waals surface area contributed by atoms with E-state index >= 15 is 0 Å². The topological polar surface area (TPSA) is 24.9 Å². The minimum atomic E-state index is 0.159. The first-order valence-electron chi connectivity index (χ1n) is 5.82. The van der Waals surface area contributed by atoms with Crippen molar-refractivity contribution >= 4 is 11.3 Å². The molecular formula is C14H18N2S. The normalized spacial score (nSPS) is 11.6. The Morgan fingerprint density at radius 2 is 2.00 bits per heavy atom. The van der Waals surface area contributed by atoms with Crippen LogP contribution in [-0.2, 0) is 12.0 Å². The number of hydrogen-bond acceptors (Lipinski definition) is 3. The monoisotopic (exact) mass is 246 g/mol. The minimum absolute atomic E-state index is 0.159. The maximum Gasteiger partial charge on any atom is 0.0794 e. The average molecular weight is 246 g/mol. The van der Waals surface area contributed by atoms with E-state index in [1.807, 2.05) is 11.7 Å². The fourth-order valence-corrected chi connectivity index (χ4v) is 2.38. The first-order chi connectivity index (χ1) is 8.18. The van der Waals surface area contributed by atoms with Gasteiger partial charge in [-0.25, -0.2) is 0 Å². The van der Waals surface area contributed by atoms with Crippen molar-refractivity contribution in [2.45, 2.75) is 25.8 Å². The van der Waals surface area contributed by atoms with Crippen molar-refractivity contribution in [3.63, 3.8) is 0 Å². The van der Waals surface area contributed by atoms with Crippen LogP contribution in [0.2, 0.25) is 0 Å². The summed E-state index contributed by atoms with van der Waals surface area (Å²) in [4.78, 5) is 5.36. The van der Waals surface area contributed by atoms with Gasteiger partial charge in [-0.15, -0.1) is 11.3 Å². The van der Waals surface area contributed by atoms with Crippen molar-refractivity contribution in [2.24, 2.45) is 0 Å². The molecule has 3 heteroatoms. The lowest BCUT2D eigenvalue weighted by Crippen LogP contribution is -2.32. The fourth-order valence-electron chi connectivity index (χ4n) is 1.82. The molecule has 0 unspecified atom stereocenters. The standard InChI is InChI=1S/C14H18N2S/c1-14(2,12-6-4-3-5-7-12)10-15-8-13-9-16-11-17-13/h3-7,9,11,15H,8,10H2,1-2H3. The lowest BCUT2D eigenvalue weighted by molar-refractivity contribution is 0.470. The van der Waals surface area contributed by atoms with E-state index in [2.05, 4.69) is 54.5 Å². The summed E-state index contributed by atoms with van der Waals surface area (Å²) in [7, 11) is 0. The number of aromatic nitrogens is 1. The maximum absolute atomic E-state index is 4.07. The molecule has 0 saturated carbocycles. The van der Waals surface area contributed by atoms with Gasteiger partial charge in [-0.3, -0.25) is 4.98 Å². The predicted octanol–water partition coefficient (Wildman–Crippen LogP) is 3.21. The van der Waals surface area contributed by atoms with Crippen molar-refractivity contribution in [3.8, 4) is 0 Å². The molecule has 0 spiro atoms. The van der Waals surface area contributed by atoms with Crippen molar-refractivity contribution in [2.75, 3.05) is 6.54 Å². The number of rotatable bonds is 5. The van der Waals surface area contributed by atoms with Crippen molar-refractivity contribution < 1.29 is 0 Å². The molecule has 90 valence electrons. The van der Waals surface area contributed by atoms with E-state index in [-0.39, 0.29) is 5.41 Å². The van der Waals surface area contributed by atoms with Gasteiger partial charge in [-0.05, 0) is 5.56 Å². The molecule has 0 aliphatic carbocycles. The quantitative estimate of drug-likeness (QED) is 0.876. The molecule has 1 heterocycles. The van der Waals surface area contributed by atoms with Crippen LogP contribution < -0.4 is 5.32 Å². The highest BCUT2D eigenvalue weighted by Gasteiger charge is 2.19. The molecule has 0 fully saturated rings. The molecule has 0 aliphatic heterocycles. The molecule has 17 heavy (non-hydrogen) atoms. The van der Waals surface area contributed by atoms with Crippen molar-refractivity contribution in [3.05, 3.63) is 52.5 Å². The summed E-state index contributed by atoms with van der Waals surface area (Å²) in [6.07, 6.45) is 1.92. The summed E-state index contributed by atoms with van der Waals surface area (Å²) in [6, 6.07) is 10.6. The lowest BCUT2D eigenvalue weighted by atomic mass is 9.85. The Labute approximate surface area is 107 Å². The summed E-state index contributed by atoms with van der Waals surface area (Å²) in [5.41, 5.74) is 3.41. The van der Waals surface area contributed by atoms with Gasteiger partial charge < -0.3 is 5.32 Å². The van der Waals surface area contributed by atoms with Crippen LogP contribution in [0.15, 0.2) is 42.0 Å². The number of nitrogens with zero attached hydrogens (tertiary/aromatic N) is 1. The van der Waals surface area contributed by atoms with E-state index < -0.39 is 0 Å². The highest BCUT2D eigenvalue weighted by molar-refractivity contribution is 7.09. The van der Waals surface area contributed by atoms with Gasteiger partial charge in [-0.2, -0.15) is 0 Å². The van der Waals surface area contributed by atoms with E-state index in [0.29, 0.717) is 0 Å². The molecule has 0 saturated heterocycles. The molecule has 0 aliphatic rings. The number of benzene rings is 1. The van der Waals surface area contributed by atoms with Gasteiger partial charge in [0.25, 0.3) is 0 Å². The SMILES string of the molecule is CC(C)(CNCc1cncs1)c1ccccc1. The zero-order valence-corrected chi connectivity index (χ0v) is 11.1. The second-order valence-corrected chi connectivity index (χ2v) is 5.79. The van der Waals surface area contributed by atoms with Crippen LogP contribution in [0.4, 0.5) is 0 Å². The second-order valence-electron chi connectivity index (χ2n) is 4.82. The third kappa shape index (κ3) is 3.38. The highest BCUT2D eigenvalue weighted by atomic mass is 32.1. The molecule has 2 nitrogen and oxygen atoms in total.